The molecule has 8 heteroatoms. The summed E-state index contributed by atoms with van der Waals surface area (Å²) in [5, 5.41) is 9.92. The van der Waals surface area contributed by atoms with Crippen molar-refractivity contribution in [3.05, 3.63) is 82.3 Å². The molecular formula is C21H19F3N4O. The summed E-state index contributed by atoms with van der Waals surface area (Å²) >= 11 is 0. The molecule has 150 valence electrons. The second-order valence-electron chi connectivity index (χ2n) is 7.58. The van der Waals surface area contributed by atoms with E-state index in [-0.39, 0.29) is 0 Å². The lowest BCUT2D eigenvalue weighted by molar-refractivity contribution is 0.102. The molecule has 29 heavy (non-hydrogen) atoms. The van der Waals surface area contributed by atoms with Gasteiger partial charge in [0.2, 0.25) is 0 Å². The van der Waals surface area contributed by atoms with E-state index < -0.39 is 28.9 Å². The van der Waals surface area contributed by atoms with Crippen LogP contribution < -0.4 is 5.32 Å². The van der Waals surface area contributed by atoms with E-state index in [2.05, 4.69) is 15.5 Å². The number of aromatic nitrogens is 2. The molecule has 2 aromatic carbocycles. The summed E-state index contributed by atoms with van der Waals surface area (Å²) in [6.07, 6.45) is 0. The molecule has 4 rings (SSSR count). The number of benzene rings is 2. The Morgan fingerprint density at radius 2 is 1.76 bits per heavy atom. The van der Waals surface area contributed by atoms with Crippen LogP contribution in [0.5, 0.6) is 0 Å². The predicted octanol–water partition coefficient (Wildman–Crippen LogP) is 4.33. The molecular weight excluding hydrogens is 381 g/mol. The van der Waals surface area contributed by atoms with E-state index in [0.717, 1.165) is 17.3 Å². The van der Waals surface area contributed by atoms with Crippen molar-refractivity contribution < 1.29 is 18.0 Å². The molecule has 0 unspecified atom stereocenters. The third kappa shape index (κ3) is 3.63. The van der Waals surface area contributed by atoms with Crippen molar-refractivity contribution >= 4 is 11.7 Å². The lowest BCUT2D eigenvalue weighted by atomic mass is 10.00. The van der Waals surface area contributed by atoms with Gasteiger partial charge in [-0.1, -0.05) is 0 Å². The van der Waals surface area contributed by atoms with Gasteiger partial charge in [0.15, 0.2) is 5.82 Å². The Balaban J connectivity index is 1.55. The van der Waals surface area contributed by atoms with Crippen LogP contribution in [-0.2, 0) is 18.6 Å². The molecule has 1 aromatic heterocycles. The zero-order chi connectivity index (χ0) is 20.8. The number of aromatic amines is 1. The van der Waals surface area contributed by atoms with Crippen LogP contribution in [0.3, 0.4) is 0 Å². The first kappa shape index (κ1) is 19.2. The van der Waals surface area contributed by atoms with Gasteiger partial charge >= 0.3 is 0 Å². The van der Waals surface area contributed by atoms with E-state index in [4.69, 9.17) is 0 Å². The van der Waals surface area contributed by atoms with E-state index in [0.29, 0.717) is 30.0 Å². The number of nitrogens with one attached hydrogen (secondary N) is 2. The molecule has 1 aliphatic heterocycles. The first-order valence-corrected chi connectivity index (χ1v) is 9.08. The number of H-pyrrole nitrogens is 1. The molecule has 0 saturated carbocycles. The van der Waals surface area contributed by atoms with Crippen LogP contribution in [0, 0.1) is 17.5 Å². The fourth-order valence-corrected chi connectivity index (χ4v) is 3.63. The molecule has 2 heterocycles. The predicted molar refractivity (Wildman–Crippen MR) is 102 cm³/mol. The van der Waals surface area contributed by atoms with Crippen molar-refractivity contribution in [1.29, 1.82) is 0 Å². The van der Waals surface area contributed by atoms with Crippen molar-refractivity contribution in [2.45, 2.75) is 32.5 Å². The summed E-state index contributed by atoms with van der Waals surface area (Å²) in [5.41, 5.74) is 1.98. The normalized spacial score (nSPS) is 15.3. The second kappa shape index (κ2) is 7.04. The van der Waals surface area contributed by atoms with Crippen LogP contribution in [0.25, 0.3) is 0 Å². The Labute approximate surface area is 165 Å². The van der Waals surface area contributed by atoms with Crippen molar-refractivity contribution in [1.82, 2.24) is 15.1 Å². The molecule has 0 bridgehead atoms. The number of anilines is 1. The van der Waals surface area contributed by atoms with Gasteiger partial charge in [-0.15, -0.1) is 0 Å². The minimum Gasteiger partial charge on any atom is -0.305 e. The zero-order valence-corrected chi connectivity index (χ0v) is 15.9. The maximum atomic E-state index is 13.5. The highest BCUT2D eigenvalue weighted by Crippen LogP contribution is 2.41. The number of carbonyl (C=O) groups excluding carboxylic acids is 1. The summed E-state index contributed by atoms with van der Waals surface area (Å²) in [6, 6.07) is 8.68. The minimum atomic E-state index is -0.621. The van der Waals surface area contributed by atoms with Crippen molar-refractivity contribution in [3.8, 4) is 0 Å². The van der Waals surface area contributed by atoms with Gasteiger partial charge in [-0.05, 0) is 55.8 Å². The fourth-order valence-electron chi connectivity index (χ4n) is 3.63. The number of hydrogen-bond donors (Lipinski definition) is 2. The van der Waals surface area contributed by atoms with Gasteiger partial charge in [0.25, 0.3) is 5.91 Å². The zero-order valence-electron chi connectivity index (χ0n) is 15.9. The maximum Gasteiger partial charge on any atom is 0.256 e. The van der Waals surface area contributed by atoms with Crippen LogP contribution in [0.1, 0.15) is 41.0 Å². The molecule has 0 saturated heterocycles. The highest BCUT2D eigenvalue weighted by atomic mass is 19.1. The van der Waals surface area contributed by atoms with Crippen LogP contribution in [-0.4, -0.2) is 21.0 Å². The van der Waals surface area contributed by atoms with Gasteiger partial charge in [0, 0.05) is 30.3 Å². The molecule has 0 radical (unpaired) electrons. The number of halogens is 3. The lowest BCUT2D eigenvalue weighted by Crippen LogP contribution is -2.35. The highest BCUT2D eigenvalue weighted by molar-refractivity contribution is 6.04. The van der Waals surface area contributed by atoms with Gasteiger partial charge in [-0.2, -0.15) is 5.10 Å². The summed E-state index contributed by atoms with van der Waals surface area (Å²) in [5.74, 6) is -1.68. The monoisotopic (exact) mass is 400 g/mol. The van der Waals surface area contributed by atoms with E-state index in [1.165, 1.54) is 36.4 Å². The van der Waals surface area contributed by atoms with Crippen LogP contribution in [0.4, 0.5) is 19.0 Å². The third-order valence-electron chi connectivity index (χ3n) is 5.25. The van der Waals surface area contributed by atoms with E-state index in [1.807, 2.05) is 18.7 Å². The van der Waals surface area contributed by atoms with Crippen molar-refractivity contribution in [2.75, 3.05) is 5.32 Å². The average Bonchev–Trinajstić information content (AvgIpc) is 3.14. The topological polar surface area (TPSA) is 61.0 Å². The summed E-state index contributed by atoms with van der Waals surface area (Å²) in [7, 11) is 0. The van der Waals surface area contributed by atoms with Gasteiger partial charge in [0.1, 0.15) is 17.5 Å². The van der Waals surface area contributed by atoms with Crippen molar-refractivity contribution in [2.24, 2.45) is 0 Å². The number of hydrogen-bond acceptors (Lipinski definition) is 3. The van der Waals surface area contributed by atoms with E-state index >= 15 is 0 Å². The van der Waals surface area contributed by atoms with Crippen molar-refractivity contribution in [3.63, 3.8) is 0 Å². The number of fused-ring (bicyclic) bond motifs is 1. The first-order valence-electron chi connectivity index (χ1n) is 9.08. The molecule has 0 atom stereocenters. The Hall–Kier alpha value is -3.13. The Morgan fingerprint density at radius 1 is 1.10 bits per heavy atom. The number of carbonyl (C=O) groups is 1. The Bertz CT molecular complexity index is 1060. The highest BCUT2D eigenvalue weighted by Gasteiger charge is 2.41. The molecule has 1 amide bonds. The molecule has 0 aliphatic carbocycles. The molecule has 3 aromatic rings. The molecule has 1 aliphatic rings. The van der Waals surface area contributed by atoms with Crippen LogP contribution >= 0.6 is 0 Å². The quantitative estimate of drug-likeness (QED) is 0.685. The SMILES string of the molecule is CC1(C)c2[nH]nc(NC(=O)c3ccc(F)cc3)c2CN1Cc1cc(F)cc(F)c1. The average molecular weight is 400 g/mol. The van der Waals surface area contributed by atoms with E-state index in [1.54, 1.807) is 0 Å². The van der Waals surface area contributed by atoms with Gasteiger partial charge in [-0.3, -0.25) is 14.8 Å². The van der Waals surface area contributed by atoms with Crippen LogP contribution in [0.2, 0.25) is 0 Å². The Morgan fingerprint density at radius 3 is 2.41 bits per heavy atom. The maximum absolute atomic E-state index is 13.5. The largest absolute Gasteiger partial charge is 0.305 e. The number of nitrogens with zero attached hydrogens (tertiary/aromatic N) is 2. The summed E-state index contributed by atoms with van der Waals surface area (Å²) in [4.78, 5) is 14.5. The van der Waals surface area contributed by atoms with Crippen LogP contribution in [0.15, 0.2) is 42.5 Å². The Kier molecular flexibility index (Phi) is 4.66. The van der Waals surface area contributed by atoms with Gasteiger partial charge < -0.3 is 5.32 Å². The lowest BCUT2D eigenvalue weighted by Gasteiger charge is -2.31. The summed E-state index contributed by atoms with van der Waals surface area (Å²) < 4.78 is 40.2. The minimum absolute atomic E-state index is 0.312. The standard InChI is InChI=1S/C21H19F3N4O/c1-21(2)18-17(11-28(21)10-12-7-15(23)9-16(24)8-12)19(27-26-18)25-20(29)13-3-5-14(22)6-4-13/h3-9H,10-11H2,1-2H3,(H2,25,26,27,29). The first-order chi connectivity index (χ1) is 13.7. The van der Waals surface area contributed by atoms with Gasteiger partial charge in [-0.25, -0.2) is 13.2 Å². The summed E-state index contributed by atoms with van der Waals surface area (Å²) in [6.45, 7) is 4.71. The molecule has 5 nitrogen and oxygen atoms in total. The van der Waals surface area contributed by atoms with E-state index in [9.17, 15) is 18.0 Å². The van der Waals surface area contributed by atoms with Gasteiger partial charge in [0.05, 0.1) is 11.2 Å². The third-order valence-corrected chi connectivity index (χ3v) is 5.25. The smallest absolute Gasteiger partial charge is 0.256 e. The number of amides is 1. The molecule has 2 N–H and O–H groups in total. The molecule has 0 spiro atoms. The fraction of sp³-hybridized carbons (Fsp3) is 0.238. The second-order valence-corrected chi connectivity index (χ2v) is 7.58. The number of rotatable bonds is 4. The molecule has 0 fully saturated rings.